The number of benzene rings is 2. The summed E-state index contributed by atoms with van der Waals surface area (Å²) in [6.07, 6.45) is 12.8. The topological polar surface area (TPSA) is 64.3 Å². The van der Waals surface area contributed by atoms with Gasteiger partial charge in [0.05, 0.1) is 30.0 Å². The van der Waals surface area contributed by atoms with Crippen LogP contribution in [0.2, 0.25) is 0 Å². The third-order valence-corrected chi connectivity index (χ3v) is 4.26. The van der Waals surface area contributed by atoms with Crippen LogP contribution in [0.3, 0.4) is 0 Å². The first-order chi connectivity index (χ1) is 12.4. The van der Waals surface area contributed by atoms with E-state index in [0.717, 1.165) is 33.5 Å². The predicted octanol–water partition coefficient (Wildman–Crippen LogP) is 3.60. The SMILES string of the molecule is c1cn(-c2cc(-c3ccc4nc[nH]c4c3)cc(-n3ccnc3)c2)cn1. The number of hydrogen-bond donors (Lipinski definition) is 1. The first kappa shape index (κ1) is 13.7. The molecule has 0 amide bonds. The number of aromatic amines is 1. The molecule has 0 fully saturated rings. The van der Waals surface area contributed by atoms with Gasteiger partial charge >= 0.3 is 0 Å². The maximum Gasteiger partial charge on any atom is 0.0991 e. The molecule has 0 saturated heterocycles. The van der Waals surface area contributed by atoms with Gasteiger partial charge in [-0.15, -0.1) is 0 Å². The predicted molar refractivity (Wildman–Crippen MR) is 95.8 cm³/mol. The Bertz CT molecular complexity index is 1080. The van der Waals surface area contributed by atoms with E-state index in [0.29, 0.717) is 0 Å². The third kappa shape index (κ3) is 2.40. The summed E-state index contributed by atoms with van der Waals surface area (Å²) in [4.78, 5) is 15.8. The number of aromatic nitrogens is 6. The molecule has 120 valence electrons. The van der Waals surface area contributed by atoms with Crippen molar-refractivity contribution in [1.82, 2.24) is 29.1 Å². The lowest BCUT2D eigenvalue weighted by atomic mass is 10.0. The summed E-state index contributed by atoms with van der Waals surface area (Å²) < 4.78 is 4.00. The number of hydrogen-bond acceptors (Lipinski definition) is 3. The number of imidazole rings is 3. The number of H-pyrrole nitrogens is 1. The zero-order valence-corrected chi connectivity index (χ0v) is 13.2. The standard InChI is InChI=1S/C19H14N6/c1-2-18-19(23-11-22-18)9-14(1)15-7-16(24-5-3-20-12-24)10-17(8-15)25-6-4-21-13-25/h1-13H,(H,22,23). The molecule has 3 aromatic heterocycles. The Morgan fingerprint density at radius 3 is 2.12 bits per heavy atom. The van der Waals surface area contributed by atoms with Crippen LogP contribution in [0.15, 0.2) is 80.2 Å². The van der Waals surface area contributed by atoms with Crippen LogP contribution in [0.4, 0.5) is 0 Å². The van der Waals surface area contributed by atoms with Gasteiger partial charge in [-0.25, -0.2) is 15.0 Å². The Hall–Kier alpha value is -3.67. The van der Waals surface area contributed by atoms with Crippen LogP contribution in [0.25, 0.3) is 33.5 Å². The minimum atomic E-state index is 0.962. The van der Waals surface area contributed by atoms with Crippen LogP contribution >= 0.6 is 0 Å². The second-order valence-corrected chi connectivity index (χ2v) is 5.81. The smallest absolute Gasteiger partial charge is 0.0991 e. The molecule has 2 aromatic carbocycles. The van der Waals surface area contributed by atoms with E-state index in [4.69, 9.17) is 0 Å². The van der Waals surface area contributed by atoms with E-state index in [1.807, 2.05) is 27.6 Å². The van der Waals surface area contributed by atoms with Crippen LogP contribution in [0.1, 0.15) is 0 Å². The third-order valence-electron chi connectivity index (χ3n) is 4.26. The fourth-order valence-electron chi connectivity index (χ4n) is 3.00. The summed E-state index contributed by atoms with van der Waals surface area (Å²) in [5.41, 5.74) is 6.32. The minimum absolute atomic E-state index is 0.962. The summed E-state index contributed by atoms with van der Waals surface area (Å²) >= 11 is 0. The van der Waals surface area contributed by atoms with Gasteiger partial charge in [0.1, 0.15) is 0 Å². The molecule has 3 heterocycles. The molecule has 0 spiro atoms. The zero-order chi connectivity index (χ0) is 16.6. The molecule has 5 rings (SSSR count). The monoisotopic (exact) mass is 326 g/mol. The fraction of sp³-hybridized carbons (Fsp3) is 0. The van der Waals surface area contributed by atoms with Crippen molar-refractivity contribution in [3.63, 3.8) is 0 Å². The minimum Gasteiger partial charge on any atom is -0.345 e. The highest BCUT2D eigenvalue weighted by molar-refractivity contribution is 5.82. The van der Waals surface area contributed by atoms with Gasteiger partial charge in [0.2, 0.25) is 0 Å². The molecule has 1 N–H and O–H groups in total. The molecule has 0 atom stereocenters. The second kappa shape index (κ2) is 5.45. The summed E-state index contributed by atoms with van der Waals surface area (Å²) in [5.74, 6) is 0. The van der Waals surface area contributed by atoms with Crippen molar-refractivity contribution < 1.29 is 0 Å². The molecular weight excluding hydrogens is 312 g/mol. The second-order valence-electron chi connectivity index (χ2n) is 5.81. The Morgan fingerprint density at radius 2 is 1.48 bits per heavy atom. The van der Waals surface area contributed by atoms with Crippen LogP contribution in [0, 0.1) is 0 Å². The highest BCUT2D eigenvalue weighted by atomic mass is 15.0. The summed E-state index contributed by atoms with van der Waals surface area (Å²) in [7, 11) is 0. The van der Waals surface area contributed by atoms with Crippen molar-refractivity contribution >= 4 is 11.0 Å². The molecule has 0 radical (unpaired) electrons. The van der Waals surface area contributed by atoms with Gasteiger partial charge < -0.3 is 14.1 Å². The Morgan fingerprint density at radius 1 is 0.760 bits per heavy atom. The van der Waals surface area contributed by atoms with Crippen LogP contribution in [-0.2, 0) is 0 Å². The molecule has 0 aliphatic carbocycles. The lowest BCUT2D eigenvalue weighted by Gasteiger charge is -2.11. The average molecular weight is 326 g/mol. The molecule has 0 aliphatic rings. The summed E-state index contributed by atoms with van der Waals surface area (Å²) in [5, 5.41) is 0. The van der Waals surface area contributed by atoms with Crippen molar-refractivity contribution in [1.29, 1.82) is 0 Å². The lowest BCUT2D eigenvalue weighted by Crippen LogP contribution is -1.96. The van der Waals surface area contributed by atoms with Gasteiger partial charge in [0, 0.05) is 36.2 Å². The molecule has 0 bridgehead atoms. The van der Waals surface area contributed by atoms with E-state index in [9.17, 15) is 0 Å². The van der Waals surface area contributed by atoms with Gasteiger partial charge in [0.15, 0.2) is 0 Å². The van der Waals surface area contributed by atoms with Crippen molar-refractivity contribution in [3.05, 3.63) is 80.2 Å². The van der Waals surface area contributed by atoms with Crippen molar-refractivity contribution in [3.8, 4) is 22.5 Å². The van der Waals surface area contributed by atoms with Gasteiger partial charge in [0.25, 0.3) is 0 Å². The highest BCUT2D eigenvalue weighted by Gasteiger charge is 2.08. The Labute approximate surface area is 143 Å². The first-order valence-corrected chi connectivity index (χ1v) is 7.92. The normalized spacial score (nSPS) is 11.2. The van der Waals surface area contributed by atoms with Crippen molar-refractivity contribution in [2.75, 3.05) is 0 Å². The number of nitrogens with zero attached hydrogens (tertiary/aromatic N) is 5. The molecule has 5 aromatic rings. The van der Waals surface area contributed by atoms with E-state index in [2.05, 4.69) is 50.3 Å². The Balaban J connectivity index is 1.72. The molecule has 0 aliphatic heterocycles. The lowest BCUT2D eigenvalue weighted by molar-refractivity contribution is 1.02. The molecular formula is C19H14N6. The zero-order valence-electron chi connectivity index (χ0n) is 13.2. The fourth-order valence-corrected chi connectivity index (χ4v) is 3.00. The van der Waals surface area contributed by atoms with Crippen LogP contribution in [-0.4, -0.2) is 29.1 Å². The van der Waals surface area contributed by atoms with Crippen molar-refractivity contribution in [2.24, 2.45) is 0 Å². The maximum absolute atomic E-state index is 4.29. The molecule has 0 unspecified atom stereocenters. The number of fused-ring (bicyclic) bond motifs is 1. The van der Waals surface area contributed by atoms with E-state index in [1.54, 1.807) is 31.4 Å². The maximum atomic E-state index is 4.29. The average Bonchev–Trinajstić information content (AvgIpc) is 3.43. The van der Waals surface area contributed by atoms with E-state index < -0.39 is 0 Å². The highest BCUT2D eigenvalue weighted by Crippen LogP contribution is 2.28. The van der Waals surface area contributed by atoms with Gasteiger partial charge in [-0.2, -0.15) is 0 Å². The quantitative estimate of drug-likeness (QED) is 0.551. The van der Waals surface area contributed by atoms with Gasteiger partial charge in [-0.3, -0.25) is 0 Å². The van der Waals surface area contributed by atoms with E-state index in [-0.39, 0.29) is 0 Å². The summed E-state index contributed by atoms with van der Waals surface area (Å²) in [6.45, 7) is 0. The first-order valence-electron chi connectivity index (χ1n) is 7.92. The molecule has 25 heavy (non-hydrogen) atoms. The molecule has 6 nitrogen and oxygen atoms in total. The molecule has 0 saturated carbocycles. The number of nitrogens with one attached hydrogen (secondary N) is 1. The van der Waals surface area contributed by atoms with E-state index >= 15 is 0 Å². The molecule has 6 heteroatoms. The summed E-state index contributed by atoms with van der Waals surface area (Å²) in [6, 6.07) is 12.7. The number of rotatable bonds is 3. The van der Waals surface area contributed by atoms with Gasteiger partial charge in [-0.05, 0) is 41.5 Å². The van der Waals surface area contributed by atoms with Crippen LogP contribution in [0.5, 0.6) is 0 Å². The Kier molecular flexibility index (Phi) is 3.00. The van der Waals surface area contributed by atoms with Crippen molar-refractivity contribution in [2.45, 2.75) is 0 Å². The van der Waals surface area contributed by atoms with Crippen LogP contribution < -0.4 is 0 Å². The van der Waals surface area contributed by atoms with E-state index in [1.165, 1.54) is 0 Å². The largest absolute Gasteiger partial charge is 0.345 e. The van der Waals surface area contributed by atoms with Gasteiger partial charge in [-0.1, -0.05) is 6.07 Å².